The van der Waals surface area contributed by atoms with Crippen LogP contribution < -0.4 is 4.74 Å². The third kappa shape index (κ3) is 2.24. The number of hydrogen-bond donors (Lipinski definition) is 1. The number of ether oxygens (including phenoxy) is 2. The molecule has 1 saturated heterocycles. The van der Waals surface area contributed by atoms with Gasteiger partial charge in [0, 0.05) is 41.8 Å². The van der Waals surface area contributed by atoms with Gasteiger partial charge in [0.2, 0.25) is 0 Å². The normalized spacial score (nSPS) is 16.7. The molecule has 4 nitrogen and oxygen atoms in total. The van der Waals surface area contributed by atoms with Crippen LogP contribution in [0, 0.1) is 5.92 Å². The molecule has 1 aliphatic rings. The van der Waals surface area contributed by atoms with E-state index in [4.69, 9.17) is 9.47 Å². The molecule has 0 bridgehead atoms. The number of benzene rings is 1. The van der Waals surface area contributed by atoms with Gasteiger partial charge in [0.15, 0.2) is 5.78 Å². The molecule has 0 spiro atoms. The molecule has 1 aromatic heterocycles. The molecule has 2 heterocycles. The summed E-state index contributed by atoms with van der Waals surface area (Å²) >= 11 is 0. The lowest BCUT2D eigenvalue weighted by atomic mass is 9.91. The van der Waals surface area contributed by atoms with Crippen LogP contribution in [-0.2, 0) is 4.74 Å². The lowest BCUT2D eigenvalue weighted by Crippen LogP contribution is -2.23. The van der Waals surface area contributed by atoms with Gasteiger partial charge < -0.3 is 14.5 Å². The van der Waals surface area contributed by atoms with Crippen molar-refractivity contribution in [3.05, 3.63) is 30.0 Å². The maximum absolute atomic E-state index is 12.6. The van der Waals surface area contributed by atoms with Crippen molar-refractivity contribution in [2.75, 3.05) is 20.3 Å². The monoisotopic (exact) mass is 259 g/mol. The van der Waals surface area contributed by atoms with E-state index >= 15 is 0 Å². The number of methoxy groups -OCH3 is 1. The number of hydrogen-bond acceptors (Lipinski definition) is 3. The second-order valence-electron chi connectivity index (χ2n) is 4.86. The molecule has 19 heavy (non-hydrogen) atoms. The highest BCUT2D eigenvalue weighted by atomic mass is 16.5. The van der Waals surface area contributed by atoms with Crippen molar-refractivity contribution in [2.45, 2.75) is 12.8 Å². The topological polar surface area (TPSA) is 51.3 Å². The molecule has 1 aromatic carbocycles. The number of aromatic amines is 1. The average Bonchev–Trinajstić information content (AvgIpc) is 2.90. The molecule has 1 fully saturated rings. The molecule has 0 radical (unpaired) electrons. The molecule has 1 aliphatic heterocycles. The highest BCUT2D eigenvalue weighted by molar-refractivity contribution is 6.09. The summed E-state index contributed by atoms with van der Waals surface area (Å²) in [6.07, 6.45) is 3.44. The molecule has 100 valence electrons. The van der Waals surface area contributed by atoms with E-state index in [0.717, 1.165) is 35.1 Å². The van der Waals surface area contributed by atoms with Gasteiger partial charge in [0.1, 0.15) is 5.75 Å². The third-order valence-electron chi connectivity index (χ3n) is 3.75. The maximum atomic E-state index is 12.6. The number of aromatic nitrogens is 1. The molecule has 2 aromatic rings. The summed E-state index contributed by atoms with van der Waals surface area (Å²) in [5.41, 5.74) is 1.73. The minimum Gasteiger partial charge on any atom is -0.497 e. The first-order valence-corrected chi connectivity index (χ1v) is 6.56. The van der Waals surface area contributed by atoms with E-state index in [1.807, 2.05) is 24.4 Å². The van der Waals surface area contributed by atoms with Crippen molar-refractivity contribution < 1.29 is 14.3 Å². The van der Waals surface area contributed by atoms with Crippen LogP contribution in [0.1, 0.15) is 23.2 Å². The van der Waals surface area contributed by atoms with Gasteiger partial charge in [-0.05, 0) is 31.0 Å². The summed E-state index contributed by atoms with van der Waals surface area (Å²) in [7, 11) is 1.63. The van der Waals surface area contributed by atoms with E-state index in [-0.39, 0.29) is 11.7 Å². The van der Waals surface area contributed by atoms with Crippen LogP contribution in [0.2, 0.25) is 0 Å². The summed E-state index contributed by atoms with van der Waals surface area (Å²) < 4.78 is 10.5. The van der Waals surface area contributed by atoms with Crippen LogP contribution in [0.25, 0.3) is 10.9 Å². The Kier molecular flexibility index (Phi) is 3.25. The van der Waals surface area contributed by atoms with Gasteiger partial charge in [0.25, 0.3) is 0 Å². The van der Waals surface area contributed by atoms with Crippen molar-refractivity contribution in [3.63, 3.8) is 0 Å². The second-order valence-corrected chi connectivity index (χ2v) is 4.86. The number of carbonyl (C=O) groups excluding carboxylic acids is 1. The zero-order chi connectivity index (χ0) is 13.2. The molecular weight excluding hydrogens is 242 g/mol. The molecule has 3 rings (SSSR count). The summed E-state index contributed by atoms with van der Waals surface area (Å²) in [5.74, 6) is 1.06. The SMILES string of the molecule is COc1ccc2[nH]cc(C(=O)C3CCOCC3)c2c1. The highest BCUT2D eigenvalue weighted by Crippen LogP contribution is 2.28. The fourth-order valence-corrected chi connectivity index (χ4v) is 2.61. The Morgan fingerprint density at radius 3 is 2.89 bits per heavy atom. The Balaban J connectivity index is 1.97. The third-order valence-corrected chi connectivity index (χ3v) is 3.75. The number of carbonyl (C=O) groups is 1. The second kappa shape index (κ2) is 5.05. The number of rotatable bonds is 3. The van der Waals surface area contributed by atoms with Crippen molar-refractivity contribution in [1.29, 1.82) is 0 Å². The Morgan fingerprint density at radius 1 is 1.37 bits per heavy atom. The molecule has 0 atom stereocenters. The van der Waals surface area contributed by atoms with Gasteiger partial charge in [-0.2, -0.15) is 0 Å². The van der Waals surface area contributed by atoms with E-state index in [0.29, 0.717) is 13.2 Å². The predicted molar refractivity (Wildman–Crippen MR) is 72.7 cm³/mol. The fourth-order valence-electron chi connectivity index (χ4n) is 2.61. The summed E-state index contributed by atoms with van der Waals surface area (Å²) in [4.78, 5) is 15.7. The summed E-state index contributed by atoms with van der Waals surface area (Å²) in [5, 5.41) is 0.941. The molecule has 4 heteroatoms. The van der Waals surface area contributed by atoms with Gasteiger partial charge in [-0.3, -0.25) is 4.79 Å². The lowest BCUT2D eigenvalue weighted by molar-refractivity contribution is 0.0546. The zero-order valence-electron chi connectivity index (χ0n) is 10.9. The van der Waals surface area contributed by atoms with Gasteiger partial charge in [-0.15, -0.1) is 0 Å². The lowest BCUT2D eigenvalue weighted by Gasteiger charge is -2.20. The van der Waals surface area contributed by atoms with Crippen LogP contribution >= 0.6 is 0 Å². The number of nitrogens with one attached hydrogen (secondary N) is 1. The summed E-state index contributed by atoms with van der Waals surface area (Å²) in [6.45, 7) is 1.37. The first kappa shape index (κ1) is 12.2. The van der Waals surface area contributed by atoms with Crippen molar-refractivity contribution in [2.24, 2.45) is 5.92 Å². The predicted octanol–water partition coefficient (Wildman–Crippen LogP) is 2.79. The first-order chi connectivity index (χ1) is 9.29. The van der Waals surface area contributed by atoms with Crippen LogP contribution in [0.3, 0.4) is 0 Å². The molecular formula is C15H17NO3. The number of H-pyrrole nitrogens is 1. The van der Waals surface area contributed by atoms with Crippen molar-refractivity contribution in [3.8, 4) is 5.75 Å². The standard InChI is InChI=1S/C15H17NO3/c1-18-11-2-3-14-12(8-11)13(9-16-14)15(17)10-4-6-19-7-5-10/h2-3,8-10,16H,4-7H2,1H3. The maximum Gasteiger partial charge on any atom is 0.168 e. The van der Waals surface area contributed by atoms with Crippen LogP contribution in [0.5, 0.6) is 5.75 Å². The molecule has 1 N–H and O–H groups in total. The minimum absolute atomic E-state index is 0.0824. The quantitative estimate of drug-likeness (QED) is 0.862. The Labute approximate surface area is 111 Å². The number of Topliss-reactive ketones (excluding diaryl/α,β-unsaturated/α-hetero) is 1. The van der Waals surface area contributed by atoms with Gasteiger partial charge in [-0.25, -0.2) is 0 Å². The first-order valence-electron chi connectivity index (χ1n) is 6.56. The Morgan fingerprint density at radius 2 is 2.16 bits per heavy atom. The Bertz CT molecular complexity index is 596. The van der Waals surface area contributed by atoms with Crippen LogP contribution in [0.4, 0.5) is 0 Å². The largest absolute Gasteiger partial charge is 0.497 e. The smallest absolute Gasteiger partial charge is 0.168 e. The van der Waals surface area contributed by atoms with E-state index in [9.17, 15) is 4.79 Å². The summed E-state index contributed by atoms with van der Waals surface area (Å²) in [6, 6.07) is 5.74. The van der Waals surface area contributed by atoms with Crippen LogP contribution in [-0.4, -0.2) is 31.1 Å². The van der Waals surface area contributed by atoms with E-state index in [2.05, 4.69) is 4.98 Å². The van der Waals surface area contributed by atoms with Gasteiger partial charge in [-0.1, -0.05) is 0 Å². The highest BCUT2D eigenvalue weighted by Gasteiger charge is 2.24. The van der Waals surface area contributed by atoms with Crippen LogP contribution in [0.15, 0.2) is 24.4 Å². The van der Waals surface area contributed by atoms with Crippen molar-refractivity contribution >= 4 is 16.7 Å². The minimum atomic E-state index is 0.0824. The van der Waals surface area contributed by atoms with E-state index < -0.39 is 0 Å². The number of fused-ring (bicyclic) bond motifs is 1. The fraction of sp³-hybridized carbons (Fsp3) is 0.400. The van der Waals surface area contributed by atoms with E-state index in [1.165, 1.54) is 0 Å². The molecule has 0 aliphatic carbocycles. The number of ketones is 1. The van der Waals surface area contributed by atoms with E-state index in [1.54, 1.807) is 7.11 Å². The molecule has 0 unspecified atom stereocenters. The van der Waals surface area contributed by atoms with Crippen molar-refractivity contribution in [1.82, 2.24) is 4.98 Å². The Hall–Kier alpha value is -1.81. The average molecular weight is 259 g/mol. The van der Waals surface area contributed by atoms with Gasteiger partial charge in [0.05, 0.1) is 7.11 Å². The van der Waals surface area contributed by atoms with Gasteiger partial charge >= 0.3 is 0 Å². The molecule has 0 amide bonds. The molecule has 0 saturated carbocycles. The zero-order valence-corrected chi connectivity index (χ0v) is 10.9.